The van der Waals surface area contributed by atoms with Gasteiger partial charge in [-0.2, -0.15) is 0 Å². The summed E-state index contributed by atoms with van der Waals surface area (Å²) in [7, 11) is 0. The van der Waals surface area contributed by atoms with Gasteiger partial charge in [-0.15, -0.1) is 0 Å². The lowest BCUT2D eigenvalue weighted by Gasteiger charge is -2.13. The lowest BCUT2D eigenvalue weighted by Crippen LogP contribution is -2.04. The van der Waals surface area contributed by atoms with E-state index < -0.39 is 6.10 Å². The van der Waals surface area contributed by atoms with Crippen LogP contribution in [0.4, 0.5) is 4.39 Å². The van der Waals surface area contributed by atoms with Crippen LogP contribution in [0.25, 0.3) is 0 Å². The number of benzene rings is 2. The molecule has 0 saturated carbocycles. The number of aryl methyl sites for hydroxylation is 1. The largest absolute Gasteiger partial charge is 0.388 e. The maximum atomic E-state index is 13.6. The fourth-order valence-electron chi connectivity index (χ4n) is 1.92. The van der Waals surface area contributed by atoms with Crippen LogP contribution in [0.1, 0.15) is 22.8 Å². The molecule has 0 bridgehead atoms. The summed E-state index contributed by atoms with van der Waals surface area (Å²) in [4.78, 5) is 0. The van der Waals surface area contributed by atoms with Gasteiger partial charge in [0.05, 0.1) is 6.10 Å². The van der Waals surface area contributed by atoms with Gasteiger partial charge in [-0.05, 0) is 24.6 Å². The van der Waals surface area contributed by atoms with E-state index in [0.717, 1.165) is 11.1 Å². The van der Waals surface area contributed by atoms with Gasteiger partial charge in [-0.1, -0.05) is 47.5 Å². The van der Waals surface area contributed by atoms with Crippen molar-refractivity contribution >= 4 is 11.6 Å². The van der Waals surface area contributed by atoms with Gasteiger partial charge in [0.25, 0.3) is 0 Å². The minimum Gasteiger partial charge on any atom is -0.388 e. The maximum Gasteiger partial charge on any atom is 0.127 e. The summed E-state index contributed by atoms with van der Waals surface area (Å²) < 4.78 is 13.6. The van der Waals surface area contributed by atoms with Crippen LogP contribution >= 0.6 is 11.6 Å². The number of halogens is 2. The van der Waals surface area contributed by atoms with Crippen LogP contribution in [-0.4, -0.2) is 5.11 Å². The van der Waals surface area contributed by atoms with Crippen LogP contribution in [0, 0.1) is 12.7 Å². The molecule has 3 heteroatoms. The van der Waals surface area contributed by atoms with Gasteiger partial charge < -0.3 is 5.11 Å². The van der Waals surface area contributed by atoms with Gasteiger partial charge in [0.15, 0.2) is 0 Å². The standard InChI is InChI=1S/C15H14ClFO/c1-10-4-2-5-11(8-10)15(18)9-12-13(16)6-3-7-14(12)17/h2-8,15,18H,9H2,1H3. The van der Waals surface area contributed by atoms with Gasteiger partial charge in [-0.3, -0.25) is 0 Å². The van der Waals surface area contributed by atoms with E-state index in [1.807, 2.05) is 31.2 Å². The monoisotopic (exact) mass is 264 g/mol. The molecule has 18 heavy (non-hydrogen) atoms. The summed E-state index contributed by atoms with van der Waals surface area (Å²) in [5.41, 5.74) is 2.19. The van der Waals surface area contributed by atoms with Crippen molar-refractivity contribution in [3.8, 4) is 0 Å². The SMILES string of the molecule is Cc1cccc(C(O)Cc2c(F)cccc2Cl)c1. The Morgan fingerprint density at radius 2 is 1.94 bits per heavy atom. The van der Waals surface area contributed by atoms with Crippen molar-refractivity contribution < 1.29 is 9.50 Å². The summed E-state index contributed by atoms with van der Waals surface area (Å²) in [5, 5.41) is 10.5. The highest BCUT2D eigenvalue weighted by atomic mass is 35.5. The van der Waals surface area contributed by atoms with Crippen LogP contribution in [0.15, 0.2) is 42.5 Å². The lowest BCUT2D eigenvalue weighted by molar-refractivity contribution is 0.177. The highest BCUT2D eigenvalue weighted by Gasteiger charge is 2.14. The maximum absolute atomic E-state index is 13.6. The summed E-state index contributed by atoms with van der Waals surface area (Å²) >= 11 is 5.94. The number of aliphatic hydroxyl groups is 1. The Morgan fingerprint density at radius 3 is 2.61 bits per heavy atom. The average molecular weight is 265 g/mol. The second kappa shape index (κ2) is 5.51. The lowest BCUT2D eigenvalue weighted by atomic mass is 10.00. The molecule has 0 aromatic heterocycles. The predicted molar refractivity (Wildman–Crippen MR) is 71.3 cm³/mol. The van der Waals surface area contributed by atoms with Crippen LogP contribution in [-0.2, 0) is 6.42 Å². The van der Waals surface area contributed by atoms with Gasteiger partial charge >= 0.3 is 0 Å². The molecular formula is C15H14ClFO. The second-order valence-electron chi connectivity index (χ2n) is 4.33. The van der Waals surface area contributed by atoms with Gasteiger partial charge in [0.2, 0.25) is 0 Å². The molecule has 0 aliphatic carbocycles. The topological polar surface area (TPSA) is 20.2 Å². The van der Waals surface area contributed by atoms with Crippen molar-refractivity contribution in [3.05, 3.63) is 70.0 Å². The Balaban J connectivity index is 2.24. The van der Waals surface area contributed by atoms with E-state index in [1.54, 1.807) is 12.1 Å². The molecule has 2 aromatic rings. The Labute approximate surface area is 111 Å². The highest BCUT2D eigenvalue weighted by molar-refractivity contribution is 6.31. The Kier molecular flexibility index (Phi) is 4.00. The van der Waals surface area contributed by atoms with Crippen molar-refractivity contribution in [2.75, 3.05) is 0 Å². The molecule has 1 atom stereocenters. The van der Waals surface area contributed by atoms with Crippen LogP contribution in [0.5, 0.6) is 0 Å². The second-order valence-corrected chi connectivity index (χ2v) is 4.74. The fraction of sp³-hybridized carbons (Fsp3) is 0.200. The Hall–Kier alpha value is -1.38. The summed E-state index contributed by atoms with van der Waals surface area (Å²) in [5.74, 6) is -0.380. The molecule has 94 valence electrons. The average Bonchev–Trinajstić information content (AvgIpc) is 2.34. The number of rotatable bonds is 3. The van der Waals surface area contributed by atoms with Crippen molar-refractivity contribution in [1.82, 2.24) is 0 Å². The zero-order valence-corrected chi connectivity index (χ0v) is 10.8. The molecule has 0 spiro atoms. The van der Waals surface area contributed by atoms with E-state index in [-0.39, 0.29) is 12.2 Å². The smallest absolute Gasteiger partial charge is 0.127 e. The normalized spacial score (nSPS) is 12.4. The van der Waals surface area contributed by atoms with E-state index in [0.29, 0.717) is 10.6 Å². The number of aliphatic hydroxyl groups excluding tert-OH is 1. The zero-order chi connectivity index (χ0) is 13.1. The Morgan fingerprint density at radius 1 is 1.22 bits per heavy atom. The fourth-order valence-corrected chi connectivity index (χ4v) is 2.16. The van der Waals surface area contributed by atoms with Crippen molar-refractivity contribution in [2.24, 2.45) is 0 Å². The van der Waals surface area contributed by atoms with E-state index in [1.165, 1.54) is 6.07 Å². The van der Waals surface area contributed by atoms with Gasteiger partial charge in [0, 0.05) is 17.0 Å². The summed E-state index contributed by atoms with van der Waals surface area (Å²) in [6.07, 6.45) is -0.575. The molecule has 1 N–H and O–H groups in total. The summed E-state index contributed by atoms with van der Waals surface area (Å²) in [6, 6.07) is 12.1. The van der Waals surface area contributed by atoms with Crippen LogP contribution in [0.3, 0.4) is 0 Å². The quantitative estimate of drug-likeness (QED) is 0.886. The molecule has 2 rings (SSSR count). The predicted octanol–water partition coefficient (Wildman–Crippen LogP) is 4.06. The molecule has 0 aliphatic rings. The third-order valence-electron chi connectivity index (χ3n) is 2.89. The molecule has 1 nitrogen and oxygen atoms in total. The molecular weight excluding hydrogens is 251 g/mol. The van der Waals surface area contributed by atoms with Crippen LogP contribution in [0.2, 0.25) is 5.02 Å². The first-order valence-electron chi connectivity index (χ1n) is 5.75. The van der Waals surface area contributed by atoms with Crippen molar-refractivity contribution in [3.63, 3.8) is 0 Å². The first-order valence-corrected chi connectivity index (χ1v) is 6.13. The third-order valence-corrected chi connectivity index (χ3v) is 3.24. The third kappa shape index (κ3) is 2.89. The molecule has 0 radical (unpaired) electrons. The van der Waals surface area contributed by atoms with Crippen LogP contribution < -0.4 is 0 Å². The van der Waals surface area contributed by atoms with Crippen molar-refractivity contribution in [2.45, 2.75) is 19.4 Å². The van der Waals surface area contributed by atoms with E-state index >= 15 is 0 Å². The van der Waals surface area contributed by atoms with Gasteiger partial charge in [-0.25, -0.2) is 4.39 Å². The molecule has 0 amide bonds. The Bertz CT molecular complexity index is 534. The highest BCUT2D eigenvalue weighted by Crippen LogP contribution is 2.26. The van der Waals surface area contributed by atoms with E-state index in [4.69, 9.17) is 11.6 Å². The van der Waals surface area contributed by atoms with Crippen molar-refractivity contribution in [1.29, 1.82) is 0 Å². The number of hydrogen-bond acceptors (Lipinski definition) is 1. The minimum absolute atomic E-state index is 0.176. The molecule has 1 unspecified atom stereocenters. The molecule has 0 aliphatic heterocycles. The zero-order valence-electron chi connectivity index (χ0n) is 10.0. The number of hydrogen-bond donors (Lipinski definition) is 1. The van der Waals surface area contributed by atoms with Gasteiger partial charge in [0.1, 0.15) is 5.82 Å². The molecule has 0 fully saturated rings. The molecule has 0 heterocycles. The van der Waals surface area contributed by atoms with E-state index in [9.17, 15) is 9.50 Å². The summed E-state index contributed by atoms with van der Waals surface area (Å²) in [6.45, 7) is 1.95. The first-order chi connectivity index (χ1) is 8.58. The minimum atomic E-state index is -0.751. The molecule has 0 saturated heterocycles. The first kappa shape index (κ1) is 13.1. The van der Waals surface area contributed by atoms with E-state index in [2.05, 4.69) is 0 Å². The molecule has 2 aromatic carbocycles.